The van der Waals surface area contributed by atoms with Gasteiger partial charge in [-0.2, -0.15) is 0 Å². The molecule has 0 saturated heterocycles. The fraction of sp³-hybridized carbons (Fsp3) is 0.235. The fourth-order valence-corrected chi connectivity index (χ4v) is 1.91. The van der Waals surface area contributed by atoms with Crippen molar-refractivity contribution in [3.63, 3.8) is 0 Å². The topological polar surface area (TPSA) is 35.5 Å². The Morgan fingerprint density at radius 3 is 2.35 bits per heavy atom. The summed E-state index contributed by atoms with van der Waals surface area (Å²) in [6, 6.07) is 17.0. The third-order valence-corrected chi connectivity index (χ3v) is 2.94. The summed E-state index contributed by atoms with van der Waals surface area (Å²) < 4.78 is 11.0. The van der Waals surface area contributed by atoms with Crippen LogP contribution >= 0.6 is 0 Å². The molecule has 0 fully saturated rings. The number of benzene rings is 2. The molecular weight excluding hydrogens is 252 g/mol. The summed E-state index contributed by atoms with van der Waals surface area (Å²) in [7, 11) is 0. The van der Waals surface area contributed by atoms with Gasteiger partial charge in [-0.15, -0.1) is 0 Å². The highest BCUT2D eigenvalue weighted by Gasteiger charge is 2.24. The molecule has 3 nitrogen and oxygen atoms in total. The van der Waals surface area contributed by atoms with E-state index in [2.05, 4.69) is 0 Å². The number of ether oxygens (including phenoxy) is 2. The van der Waals surface area contributed by atoms with Crippen molar-refractivity contribution in [3.05, 3.63) is 65.7 Å². The molecule has 2 rings (SSSR count). The Hall–Kier alpha value is -2.29. The Labute approximate surface area is 119 Å². The van der Waals surface area contributed by atoms with Gasteiger partial charge < -0.3 is 9.47 Å². The summed E-state index contributed by atoms with van der Waals surface area (Å²) >= 11 is 0. The van der Waals surface area contributed by atoms with Gasteiger partial charge in [0, 0.05) is 5.56 Å². The van der Waals surface area contributed by atoms with Crippen LogP contribution in [0.3, 0.4) is 0 Å². The monoisotopic (exact) mass is 270 g/mol. The first kappa shape index (κ1) is 14.1. The molecule has 0 N–H and O–H groups in total. The van der Waals surface area contributed by atoms with Gasteiger partial charge in [-0.1, -0.05) is 48.5 Å². The number of para-hydroxylation sites is 1. The number of esters is 1. The molecule has 0 aliphatic carbocycles. The first-order chi connectivity index (χ1) is 9.72. The van der Waals surface area contributed by atoms with Gasteiger partial charge in [0.05, 0.1) is 6.61 Å². The predicted octanol–water partition coefficient (Wildman–Crippen LogP) is 3.68. The smallest absolute Gasteiger partial charge is 0.352 e. The average molecular weight is 270 g/mol. The molecular formula is C17H18O3. The van der Waals surface area contributed by atoms with Crippen LogP contribution < -0.4 is 4.74 Å². The summed E-state index contributed by atoms with van der Waals surface area (Å²) in [5, 5.41) is 0. The second-order valence-electron chi connectivity index (χ2n) is 4.43. The van der Waals surface area contributed by atoms with E-state index in [1.165, 1.54) is 0 Å². The molecule has 0 spiro atoms. The molecule has 1 atom stereocenters. The molecule has 20 heavy (non-hydrogen) atoms. The highest BCUT2D eigenvalue weighted by Crippen LogP contribution is 2.25. The van der Waals surface area contributed by atoms with Gasteiger partial charge in [0.2, 0.25) is 6.10 Å². The van der Waals surface area contributed by atoms with Crippen molar-refractivity contribution >= 4 is 5.97 Å². The van der Waals surface area contributed by atoms with Crippen LogP contribution in [0.1, 0.15) is 24.2 Å². The van der Waals surface area contributed by atoms with Crippen molar-refractivity contribution in [2.75, 3.05) is 6.61 Å². The summed E-state index contributed by atoms with van der Waals surface area (Å²) in [4.78, 5) is 12.1. The van der Waals surface area contributed by atoms with Gasteiger partial charge in [-0.25, -0.2) is 4.79 Å². The standard InChI is InChI=1S/C17H18O3/c1-3-19-17(18)16(14-10-5-4-6-11-14)20-15-12-8-7-9-13(15)2/h4-12,16H,3H2,1-2H3/t16-/m0/s1. The first-order valence-electron chi connectivity index (χ1n) is 6.66. The van der Waals surface area contributed by atoms with E-state index in [0.717, 1.165) is 11.1 Å². The number of rotatable bonds is 5. The summed E-state index contributed by atoms with van der Waals surface area (Å²) in [5.41, 5.74) is 1.77. The van der Waals surface area contributed by atoms with E-state index < -0.39 is 6.10 Å². The zero-order valence-corrected chi connectivity index (χ0v) is 11.7. The highest BCUT2D eigenvalue weighted by atomic mass is 16.6. The minimum absolute atomic E-state index is 0.333. The lowest BCUT2D eigenvalue weighted by Gasteiger charge is -2.19. The molecule has 0 radical (unpaired) electrons. The molecule has 0 aliphatic rings. The lowest BCUT2D eigenvalue weighted by Crippen LogP contribution is -2.21. The molecule has 3 heteroatoms. The lowest BCUT2D eigenvalue weighted by molar-refractivity contribution is -0.151. The van der Waals surface area contributed by atoms with E-state index in [1.54, 1.807) is 6.92 Å². The molecule has 0 aromatic heterocycles. The van der Waals surface area contributed by atoms with Crippen molar-refractivity contribution in [2.24, 2.45) is 0 Å². The minimum Gasteiger partial charge on any atom is -0.474 e. The van der Waals surface area contributed by atoms with E-state index in [4.69, 9.17) is 9.47 Å². The second kappa shape index (κ2) is 6.75. The zero-order chi connectivity index (χ0) is 14.4. The van der Waals surface area contributed by atoms with Gasteiger partial charge in [-0.05, 0) is 25.5 Å². The summed E-state index contributed by atoms with van der Waals surface area (Å²) in [6.45, 7) is 4.07. The quantitative estimate of drug-likeness (QED) is 0.777. The molecule has 0 saturated carbocycles. The Bertz CT molecular complexity index is 563. The second-order valence-corrected chi connectivity index (χ2v) is 4.43. The maximum atomic E-state index is 12.1. The summed E-state index contributed by atoms with van der Waals surface area (Å²) in [5.74, 6) is 0.316. The molecule has 104 valence electrons. The zero-order valence-electron chi connectivity index (χ0n) is 11.7. The Kier molecular flexibility index (Phi) is 4.77. The van der Waals surface area contributed by atoms with Crippen LogP contribution in [0.2, 0.25) is 0 Å². The van der Waals surface area contributed by atoms with Crippen LogP contribution in [0.5, 0.6) is 5.75 Å². The third kappa shape index (κ3) is 3.38. The first-order valence-corrected chi connectivity index (χ1v) is 6.66. The predicted molar refractivity (Wildman–Crippen MR) is 77.6 cm³/mol. The van der Waals surface area contributed by atoms with Gasteiger partial charge in [0.1, 0.15) is 5.75 Å². The Morgan fingerprint density at radius 1 is 1.05 bits per heavy atom. The van der Waals surface area contributed by atoms with Crippen LogP contribution in [-0.2, 0) is 9.53 Å². The molecule has 2 aromatic carbocycles. The van der Waals surface area contributed by atoms with Crippen LogP contribution in [0.4, 0.5) is 0 Å². The highest BCUT2D eigenvalue weighted by molar-refractivity contribution is 5.77. The SMILES string of the molecule is CCOC(=O)[C@@H](Oc1ccccc1C)c1ccccc1. The van der Waals surface area contributed by atoms with E-state index in [1.807, 2.05) is 61.5 Å². The fourth-order valence-electron chi connectivity index (χ4n) is 1.91. The van der Waals surface area contributed by atoms with Crippen molar-refractivity contribution < 1.29 is 14.3 Å². The molecule has 0 amide bonds. The Balaban J connectivity index is 2.28. The van der Waals surface area contributed by atoms with Crippen LogP contribution in [-0.4, -0.2) is 12.6 Å². The van der Waals surface area contributed by atoms with Crippen molar-refractivity contribution in [1.82, 2.24) is 0 Å². The largest absolute Gasteiger partial charge is 0.474 e. The van der Waals surface area contributed by atoms with Crippen LogP contribution in [0.25, 0.3) is 0 Å². The maximum Gasteiger partial charge on any atom is 0.352 e. The number of carbonyl (C=O) groups excluding carboxylic acids is 1. The van der Waals surface area contributed by atoms with E-state index >= 15 is 0 Å². The number of hydrogen-bond donors (Lipinski definition) is 0. The van der Waals surface area contributed by atoms with Crippen LogP contribution in [0.15, 0.2) is 54.6 Å². The third-order valence-electron chi connectivity index (χ3n) is 2.94. The number of carbonyl (C=O) groups is 1. The maximum absolute atomic E-state index is 12.1. The number of aryl methyl sites for hydroxylation is 1. The van der Waals surface area contributed by atoms with Crippen LogP contribution in [0, 0.1) is 6.92 Å². The molecule has 0 bridgehead atoms. The number of hydrogen-bond acceptors (Lipinski definition) is 3. The van der Waals surface area contributed by atoms with Gasteiger partial charge in [0.25, 0.3) is 0 Å². The normalized spacial score (nSPS) is 11.7. The summed E-state index contributed by atoms with van der Waals surface area (Å²) in [6.07, 6.45) is -0.739. The molecule has 2 aromatic rings. The van der Waals surface area contributed by atoms with E-state index in [0.29, 0.717) is 12.4 Å². The van der Waals surface area contributed by atoms with Gasteiger partial charge in [0.15, 0.2) is 0 Å². The van der Waals surface area contributed by atoms with Gasteiger partial charge >= 0.3 is 5.97 Å². The molecule has 0 aliphatic heterocycles. The molecule has 0 heterocycles. The lowest BCUT2D eigenvalue weighted by atomic mass is 10.1. The van der Waals surface area contributed by atoms with E-state index in [-0.39, 0.29) is 5.97 Å². The minimum atomic E-state index is -0.739. The molecule has 0 unspecified atom stereocenters. The van der Waals surface area contributed by atoms with E-state index in [9.17, 15) is 4.79 Å². The average Bonchev–Trinajstić information content (AvgIpc) is 2.47. The van der Waals surface area contributed by atoms with Crippen molar-refractivity contribution in [3.8, 4) is 5.75 Å². The Morgan fingerprint density at radius 2 is 1.70 bits per heavy atom. The van der Waals surface area contributed by atoms with Crippen molar-refractivity contribution in [2.45, 2.75) is 20.0 Å². The van der Waals surface area contributed by atoms with Gasteiger partial charge in [-0.3, -0.25) is 0 Å². The van der Waals surface area contributed by atoms with Crippen molar-refractivity contribution in [1.29, 1.82) is 0 Å².